The van der Waals surface area contributed by atoms with Crippen molar-refractivity contribution in [2.75, 3.05) is 5.75 Å². The second-order valence-corrected chi connectivity index (χ2v) is 7.29. The van der Waals surface area contributed by atoms with Gasteiger partial charge in [-0.1, -0.05) is 43.7 Å². The zero-order chi connectivity index (χ0) is 16.2. The molecule has 1 fully saturated rings. The Balaban J connectivity index is 1.62. The van der Waals surface area contributed by atoms with Crippen molar-refractivity contribution in [1.29, 1.82) is 0 Å². The lowest BCUT2D eigenvalue weighted by molar-refractivity contribution is -0.119. The van der Waals surface area contributed by atoms with E-state index in [1.807, 2.05) is 18.2 Å². The SMILES string of the molecule is CCn1c(SCC(=O)N[C@@H]2CCCC[C@H]2C)nc2ccccc21. The lowest BCUT2D eigenvalue weighted by atomic mass is 9.86. The lowest BCUT2D eigenvalue weighted by Gasteiger charge is -2.29. The van der Waals surface area contributed by atoms with Crippen LogP contribution < -0.4 is 5.32 Å². The van der Waals surface area contributed by atoms with E-state index in [9.17, 15) is 4.79 Å². The molecule has 1 aliphatic rings. The molecule has 1 amide bonds. The molecule has 1 aromatic carbocycles. The molecule has 0 aliphatic heterocycles. The molecule has 0 radical (unpaired) electrons. The quantitative estimate of drug-likeness (QED) is 0.847. The largest absolute Gasteiger partial charge is 0.352 e. The van der Waals surface area contributed by atoms with E-state index in [0.29, 0.717) is 17.7 Å². The Kier molecular flexibility index (Phi) is 5.26. The van der Waals surface area contributed by atoms with Crippen molar-refractivity contribution in [2.45, 2.75) is 57.3 Å². The highest BCUT2D eigenvalue weighted by Crippen LogP contribution is 2.25. The van der Waals surface area contributed by atoms with Gasteiger partial charge in [-0.15, -0.1) is 0 Å². The van der Waals surface area contributed by atoms with Crippen LogP contribution in [-0.2, 0) is 11.3 Å². The van der Waals surface area contributed by atoms with Gasteiger partial charge in [-0.25, -0.2) is 4.98 Å². The van der Waals surface area contributed by atoms with Gasteiger partial charge in [0.1, 0.15) is 0 Å². The van der Waals surface area contributed by atoms with Gasteiger partial charge in [-0.3, -0.25) is 4.79 Å². The maximum atomic E-state index is 12.3. The third kappa shape index (κ3) is 3.71. The van der Waals surface area contributed by atoms with Gasteiger partial charge in [0.25, 0.3) is 0 Å². The smallest absolute Gasteiger partial charge is 0.230 e. The maximum absolute atomic E-state index is 12.3. The number of thioether (sulfide) groups is 1. The highest BCUT2D eigenvalue weighted by atomic mass is 32.2. The van der Waals surface area contributed by atoms with Gasteiger partial charge in [0, 0.05) is 12.6 Å². The molecule has 0 spiro atoms. The number of hydrogen-bond acceptors (Lipinski definition) is 3. The van der Waals surface area contributed by atoms with Crippen molar-refractivity contribution in [3.8, 4) is 0 Å². The average Bonchev–Trinajstić information content (AvgIpc) is 2.92. The Morgan fingerprint density at radius 2 is 2.13 bits per heavy atom. The molecule has 1 N–H and O–H groups in total. The summed E-state index contributed by atoms with van der Waals surface area (Å²) in [7, 11) is 0. The third-order valence-electron chi connectivity index (χ3n) is 4.73. The monoisotopic (exact) mass is 331 g/mol. The average molecular weight is 331 g/mol. The van der Waals surface area contributed by atoms with E-state index in [4.69, 9.17) is 0 Å². The summed E-state index contributed by atoms with van der Waals surface area (Å²) in [6.07, 6.45) is 4.87. The van der Waals surface area contributed by atoms with Crippen molar-refractivity contribution in [2.24, 2.45) is 5.92 Å². The molecule has 1 aliphatic carbocycles. The zero-order valence-electron chi connectivity index (χ0n) is 13.9. The Morgan fingerprint density at radius 1 is 1.35 bits per heavy atom. The third-order valence-corrected chi connectivity index (χ3v) is 5.70. The molecule has 3 rings (SSSR count). The van der Waals surface area contributed by atoms with E-state index < -0.39 is 0 Å². The minimum atomic E-state index is 0.128. The summed E-state index contributed by atoms with van der Waals surface area (Å²) in [5, 5.41) is 4.14. The van der Waals surface area contributed by atoms with Gasteiger partial charge >= 0.3 is 0 Å². The van der Waals surface area contributed by atoms with Crippen molar-refractivity contribution in [3.05, 3.63) is 24.3 Å². The minimum absolute atomic E-state index is 0.128. The summed E-state index contributed by atoms with van der Waals surface area (Å²) in [5.74, 6) is 1.16. The molecule has 23 heavy (non-hydrogen) atoms. The van der Waals surface area contributed by atoms with Crippen LogP contribution in [0.15, 0.2) is 29.4 Å². The molecule has 124 valence electrons. The summed E-state index contributed by atoms with van der Waals surface area (Å²) in [6, 6.07) is 8.49. The zero-order valence-corrected chi connectivity index (χ0v) is 14.7. The van der Waals surface area contributed by atoms with Gasteiger partial charge in [-0.05, 0) is 37.8 Å². The number of rotatable bonds is 5. The first-order valence-corrected chi connectivity index (χ1v) is 9.55. The van der Waals surface area contributed by atoms with Crippen LogP contribution in [0.25, 0.3) is 11.0 Å². The summed E-state index contributed by atoms with van der Waals surface area (Å²) in [5.41, 5.74) is 2.14. The van der Waals surface area contributed by atoms with Crippen molar-refractivity contribution >= 4 is 28.7 Å². The molecule has 0 bridgehead atoms. The van der Waals surface area contributed by atoms with Gasteiger partial charge in [-0.2, -0.15) is 0 Å². The molecule has 1 saturated carbocycles. The summed E-state index contributed by atoms with van der Waals surface area (Å²) in [4.78, 5) is 16.9. The van der Waals surface area contributed by atoms with E-state index in [1.54, 1.807) is 0 Å². The highest BCUT2D eigenvalue weighted by molar-refractivity contribution is 7.99. The minimum Gasteiger partial charge on any atom is -0.352 e. The van der Waals surface area contributed by atoms with E-state index in [-0.39, 0.29) is 5.91 Å². The van der Waals surface area contributed by atoms with Gasteiger partial charge < -0.3 is 9.88 Å². The number of fused-ring (bicyclic) bond motifs is 1. The molecule has 2 atom stereocenters. The lowest BCUT2D eigenvalue weighted by Crippen LogP contribution is -2.41. The van der Waals surface area contributed by atoms with Crippen LogP contribution in [0.4, 0.5) is 0 Å². The van der Waals surface area contributed by atoms with E-state index in [2.05, 4.69) is 34.8 Å². The standard InChI is InChI=1S/C18H25N3OS/c1-3-21-16-11-7-6-10-15(16)20-18(21)23-12-17(22)19-14-9-5-4-8-13(14)2/h6-7,10-11,13-14H,3-5,8-9,12H2,1-2H3,(H,19,22)/t13-,14-/m1/s1. The van der Waals surface area contributed by atoms with Crippen LogP contribution >= 0.6 is 11.8 Å². The number of amides is 1. The second-order valence-electron chi connectivity index (χ2n) is 6.35. The summed E-state index contributed by atoms with van der Waals surface area (Å²) in [6.45, 7) is 5.22. The Labute approximate surface area is 142 Å². The van der Waals surface area contributed by atoms with Crippen molar-refractivity contribution < 1.29 is 4.79 Å². The normalized spacial score (nSPS) is 21.5. The van der Waals surface area contributed by atoms with E-state index in [1.165, 1.54) is 31.0 Å². The molecular weight excluding hydrogens is 306 g/mol. The number of benzene rings is 1. The summed E-state index contributed by atoms with van der Waals surface area (Å²) >= 11 is 1.54. The number of nitrogens with one attached hydrogen (secondary N) is 1. The van der Waals surface area contributed by atoms with E-state index in [0.717, 1.165) is 29.2 Å². The molecule has 2 aromatic rings. The Bertz CT molecular complexity index is 682. The number of carbonyl (C=O) groups is 1. The first kappa shape index (κ1) is 16.4. The topological polar surface area (TPSA) is 46.9 Å². The highest BCUT2D eigenvalue weighted by Gasteiger charge is 2.23. The van der Waals surface area contributed by atoms with Crippen LogP contribution in [-0.4, -0.2) is 27.3 Å². The molecule has 5 heteroatoms. The van der Waals surface area contributed by atoms with Crippen LogP contribution in [0.3, 0.4) is 0 Å². The van der Waals surface area contributed by atoms with Gasteiger partial charge in [0.2, 0.25) is 5.91 Å². The van der Waals surface area contributed by atoms with Gasteiger partial charge in [0.15, 0.2) is 5.16 Å². The number of imidazole rings is 1. The Hall–Kier alpha value is -1.49. The number of hydrogen-bond donors (Lipinski definition) is 1. The predicted octanol–water partition coefficient (Wildman–Crippen LogP) is 3.84. The van der Waals surface area contributed by atoms with Crippen molar-refractivity contribution in [1.82, 2.24) is 14.9 Å². The van der Waals surface area contributed by atoms with Crippen LogP contribution in [0.1, 0.15) is 39.5 Å². The van der Waals surface area contributed by atoms with E-state index >= 15 is 0 Å². The number of aromatic nitrogens is 2. The molecular formula is C18H25N3OS. The number of carbonyl (C=O) groups excluding carboxylic acids is 1. The van der Waals surface area contributed by atoms with Gasteiger partial charge in [0.05, 0.1) is 16.8 Å². The maximum Gasteiger partial charge on any atom is 0.230 e. The Morgan fingerprint density at radius 3 is 2.91 bits per heavy atom. The second kappa shape index (κ2) is 7.39. The molecule has 1 aromatic heterocycles. The number of para-hydroxylation sites is 2. The summed E-state index contributed by atoms with van der Waals surface area (Å²) < 4.78 is 2.18. The van der Waals surface area contributed by atoms with Crippen LogP contribution in [0, 0.1) is 5.92 Å². The first-order valence-electron chi connectivity index (χ1n) is 8.56. The van der Waals surface area contributed by atoms with Crippen molar-refractivity contribution in [3.63, 3.8) is 0 Å². The fourth-order valence-corrected chi connectivity index (χ4v) is 4.27. The fourth-order valence-electron chi connectivity index (χ4n) is 3.38. The van der Waals surface area contributed by atoms with Crippen LogP contribution in [0.2, 0.25) is 0 Å². The molecule has 0 unspecified atom stereocenters. The first-order chi connectivity index (χ1) is 11.2. The number of aryl methyl sites for hydroxylation is 1. The van der Waals surface area contributed by atoms with Crippen LogP contribution in [0.5, 0.6) is 0 Å². The molecule has 1 heterocycles. The predicted molar refractivity (Wildman–Crippen MR) is 95.7 cm³/mol. The number of nitrogens with zero attached hydrogens (tertiary/aromatic N) is 2. The fraction of sp³-hybridized carbons (Fsp3) is 0.556. The molecule has 4 nitrogen and oxygen atoms in total. The molecule has 0 saturated heterocycles.